The highest BCUT2D eigenvalue weighted by Gasteiger charge is 2.36. The maximum absolute atomic E-state index is 13.7. The van der Waals surface area contributed by atoms with Crippen LogP contribution in [0, 0.1) is 6.92 Å². The minimum Gasteiger partial charge on any atom is -0.356 e. The SMILES string of the molecule is Cc1cn2c(C(=O)N3CCc4c([nH]c5ccccc45)[C@H]3c3ccccn3)csc2n1. The number of hydrogen-bond donors (Lipinski definition) is 1. The van der Waals surface area contributed by atoms with Gasteiger partial charge in [0.05, 0.1) is 11.4 Å². The zero-order valence-corrected chi connectivity index (χ0v) is 17.2. The molecule has 0 aliphatic carbocycles. The Bertz CT molecular complexity index is 1400. The highest BCUT2D eigenvalue weighted by Crippen LogP contribution is 2.38. The monoisotopic (exact) mass is 413 g/mol. The fourth-order valence-corrected chi connectivity index (χ4v) is 5.39. The lowest BCUT2D eigenvalue weighted by Gasteiger charge is -2.35. The van der Waals surface area contributed by atoms with Gasteiger partial charge in [-0.3, -0.25) is 14.2 Å². The Morgan fingerprint density at radius 1 is 1.20 bits per heavy atom. The minimum absolute atomic E-state index is 0.00129. The summed E-state index contributed by atoms with van der Waals surface area (Å²) in [7, 11) is 0. The van der Waals surface area contributed by atoms with E-state index >= 15 is 0 Å². The van der Waals surface area contributed by atoms with Crippen LogP contribution >= 0.6 is 11.3 Å². The summed E-state index contributed by atoms with van der Waals surface area (Å²) in [5.74, 6) is -0.00129. The predicted molar refractivity (Wildman–Crippen MR) is 117 cm³/mol. The van der Waals surface area contributed by atoms with Crippen molar-refractivity contribution in [2.24, 2.45) is 0 Å². The summed E-state index contributed by atoms with van der Waals surface area (Å²) in [6, 6.07) is 14.0. The molecule has 7 heteroatoms. The fourth-order valence-electron chi connectivity index (χ4n) is 4.50. The first kappa shape index (κ1) is 17.4. The molecule has 0 spiro atoms. The molecular weight excluding hydrogens is 394 g/mol. The molecule has 5 heterocycles. The van der Waals surface area contributed by atoms with Crippen molar-refractivity contribution in [1.82, 2.24) is 24.3 Å². The number of nitrogens with zero attached hydrogens (tertiary/aromatic N) is 4. The number of nitrogens with one attached hydrogen (secondary N) is 1. The molecule has 5 aromatic rings. The van der Waals surface area contributed by atoms with Crippen molar-refractivity contribution in [1.29, 1.82) is 0 Å². The average Bonchev–Trinajstić information content (AvgIpc) is 3.44. The zero-order chi connectivity index (χ0) is 20.2. The standard InChI is InChI=1S/C23H19N5OS/c1-14-12-28-19(13-30-23(28)25-14)22(29)27-11-9-16-15-6-2-3-7-17(15)26-20(16)21(27)18-8-4-5-10-24-18/h2-8,10,12-13,21,26H,9,11H2,1H3/t21-/m1/s1. The van der Waals surface area contributed by atoms with E-state index in [9.17, 15) is 4.79 Å². The maximum Gasteiger partial charge on any atom is 0.272 e. The number of carbonyl (C=O) groups is 1. The number of benzene rings is 1. The van der Waals surface area contributed by atoms with E-state index in [0.29, 0.717) is 12.2 Å². The summed E-state index contributed by atoms with van der Waals surface area (Å²) in [6.45, 7) is 2.59. The number of fused-ring (bicyclic) bond motifs is 4. The zero-order valence-electron chi connectivity index (χ0n) is 16.4. The van der Waals surface area contributed by atoms with Gasteiger partial charge in [0.25, 0.3) is 5.91 Å². The van der Waals surface area contributed by atoms with Crippen LogP contribution in [0.1, 0.15) is 39.2 Å². The molecule has 1 atom stereocenters. The van der Waals surface area contributed by atoms with Crippen molar-refractivity contribution >= 4 is 33.1 Å². The van der Waals surface area contributed by atoms with Crippen LogP contribution in [-0.2, 0) is 6.42 Å². The summed E-state index contributed by atoms with van der Waals surface area (Å²) in [5.41, 5.74) is 5.86. The molecule has 0 saturated carbocycles. The normalized spacial score (nSPS) is 16.3. The van der Waals surface area contributed by atoms with Crippen LogP contribution in [0.2, 0.25) is 0 Å². The molecule has 0 fully saturated rings. The Labute approximate surface area is 176 Å². The van der Waals surface area contributed by atoms with Crippen molar-refractivity contribution in [3.63, 3.8) is 0 Å². The number of thiazole rings is 1. The topological polar surface area (TPSA) is 66.3 Å². The number of imidazole rings is 1. The van der Waals surface area contributed by atoms with E-state index in [2.05, 4.69) is 33.2 Å². The molecule has 0 saturated heterocycles. The molecule has 1 aromatic carbocycles. The second kappa shape index (κ2) is 6.53. The minimum atomic E-state index is -0.255. The van der Waals surface area contributed by atoms with Gasteiger partial charge in [-0.1, -0.05) is 24.3 Å². The summed E-state index contributed by atoms with van der Waals surface area (Å²) >= 11 is 1.49. The van der Waals surface area contributed by atoms with Gasteiger partial charge in [-0.15, -0.1) is 11.3 Å². The summed E-state index contributed by atoms with van der Waals surface area (Å²) < 4.78 is 1.90. The highest BCUT2D eigenvalue weighted by atomic mass is 32.1. The number of hydrogen-bond acceptors (Lipinski definition) is 4. The van der Waals surface area contributed by atoms with Gasteiger partial charge in [-0.25, -0.2) is 4.98 Å². The van der Waals surface area contributed by atoms with Gasteiger partial charge < -0.3 is 9.88 Å². The lowest BCUT2D eigenvalue weighted by atomic mass is 9.94. The van der Waals surface area contributed by atoms with Gasteiger partial charge in [-0.2, -0.15) is 0 Å². The van der Waals surface area contributed by atoms with Crippen molar-refractivity contribution in [2.75, 3.05) is 6.54 Å². The molecule has 6 rings (SSSR count). The molecule has 148 valence electrons. The van der Waals surface area contributed by atoms with E-state index in [4.69, 9.17) is 0 Å². The first-order chi connectivity index (χ1) is 14.7. The molecule has 1 aliphatic rings. The molecule has 0 bridgehead atoms. The summed E-state index contributed by atoms with van der Waals surface area (Å²) in [4.78, 5) is 29.2. The van der Waals surface area contributed by atoms with Crippen LogP contribution in [0.3, 0.4) is 0 Å². The number of aromatic nitrogens is 4. The third-order valence-electron chi connectivity index (χ3n) is 5.81. The van der Waals surface area contributed by atoms with Crippen molar-refractivity contribution in [2.45, 2.75) is 19.4 Å². The smallest absolute Gasteiger partial charge is 0.272 e. The van der Waals surface area contributed by atoms with E-state index in [-0.39, 0.29) is 11.9 Å². The Morgan fingerprint density at radius 2 is 2.07 bits per heavy atom. The number of amides is 1. The molecule has 0 unspecified atom stereocenters. The molecule has 1 amide bonds. The number of aryl methyl sites for hydroxylation is 1. The Kier molecular flexibility index (Phi) is 3.79. The second-order valence-corrected chi connectivity index (χ2v) is 8.46. The van der Waals surface area contributed by atoms with Gasteiger partial charge in [-0.05, 0) is 37.1 Å². The number of pyridine rings is 1. The van der Waals surface area contributed by atoms with E-state index in [1.807, 2.05) is 52.1 Å². The highest BCUT2D eigenvalue weighted by molar-refractivity contribution is 7.15. The summed E-state index contributed by atoms with van der Waals surface area (Å²) in [6.07, 6.45) is 4.52. The van der Waals surface area contributed by atoms with Gasteiger partial charge >= 0.3 is 0 Å². The third kappa shape index (κ3) is 2.52. The van der Waals surface area contributed by atoms with Gasteiger partial charge in [0, 0.05) is 40.9 Å². The lowest BCUT2D eigenvalue weighted by Crippen LogP contribution is -2.41. The number of carbonyl (C=O) groups excluding carboxylic acids is 1. The fraction of sp³-hybridized carbons (Fsp3) is 0.174. The van der Waals surface area contributed by atoms with Crippen LogP contribution in [-0.4, -0.2) is 36.7 Å². The average molecular weight is 414 g/mol. The van der Waals surface area contributed by atoms with E-state index in [1.54, 1.807) is 6.20 Å². The molecule has 30 heavy (non-hydrogen) atoms. The Morgan fingerprint density at radius 3 is 2.93 bits per heavy atom. The van der Waals surface area contributed by atoms with Gasteiger partial charge in [0.2, 0.25) is 0 Å². The number of H-pyrrole nitrogens is 1. The molecular formula is C23H19N5OS. The molecule has 0 radical (unpaired) electrons. The molecule has 1 aliphatic heterocycles. The molecule has 1 N–H and O–H groups in total. The van der Waals surface area contributed by atoms with Crippen LogP contribution in [0.15, 0.2) is 60.2 Å². The van der Waals surface area contributed by atoms with Crippen LogP contribution < -0.4 is 0 Å². The van der Waals surface area contributed by atoms with Crippen molar-refractivity contribution < 1.29 is 4.79 Å². The number of para-hydroxylation sites is 1. The van der Waals surface area contributed by atoms with Crippen LogP contribution in [0.4, 0.5) is 0 Å². The summed E-state index contributed by atoms with van der Waals surface area (Å²) in [5, 5.41) is 3.13. The predicted octanol–water partition coefficient (Wildman–Crippen LogP) is 4.37. The van der Waals surface area contributed by atoms with E-state index in [0.717, 1.165) is 34.0 Å². The van der Waals surface area contributed by atoms with Crippen LogP contribution in [0.5, 0.6) is 0 Å². The Hall–Kier alpha value is -3.45. The quantitative estimate of drug-likeness (QED) is 0.467. The first-order valence-electron chi connectivity index (χ1n) is 9.95. The number of aromatic amines is 1. The van der Waals surface area contributed by atoms with Crippen molar-refractivity contribution in [3.05, 3.63) is 88.6 Å². The largest absolute Gasteiger partial charge is 0.356 e. The first-order valence-corrected chi connectivity index (χ1v) is 10.8. The van der Waals surface area contributed by atoms with E-state index in [1.165, 1.54) is 22.3 Å². The van der Waals surface area contributed by atoms with Crippen molar-refractivity contribution in [3.8, 4) is 0 Å². The third-order valence-corrected chi connectivity index (χ3v) is 6.65. The van der Waals surface area contributed by atoms with Gasteiger partial charge in [0.15, 0.2) is 4.96 Å². The van der Waals surface area contributed by atoms with E-state index < -0.39 is 0 Å². The van der Waals surface area contributed by atoms with Crippen LogP contribution in [0.25, 0.3) is 15.9 Å². The lowest BCUT2D eigenvalue weighted by molar-refractivity contribution is 0.0682. The van der Waals surface area contributed by atoms with Gasteiger partial charge in [0.1, 0.15) is 11.7 Å². The maximum atomic E-state index is 13.7. The molecule has 4 aromatic heterocycles. The number of rotatable bonds is 2. The Balaban J connectivity index is 1.52. The second-order valence-electron chi connectivity index (χ2n) is 7.62. The molecule has 6 nitrogen and oxygen atoms in total.